The Kier molecular flexibility index (Phi) is 4.71. The number of carboxylic acids is 1. The number of hydrogen-bond acceptors (Lipinski definition) is 3. The van der Waals surface area contributed by atoms with Crippen molar-refractivity contribution in [3.63, 3.8) is 0 Å². The first-order valence-electron chi connectivity index (χ1n) is 10.4. The van der Waals surface area contributed by atoms with Crippen LogP contribution in [0.25, 0.3) is 21.8 Å². The van der Waals surface area contributed by atoms with Gasteiger partial charge in [0.25, 0.3) is 5.91 Å². The predicted octanol–water partition coefficient (Wildman–Crippen LogP) is 3.53. The summed E-state index contributed by atoms with van der Waals surface area (Å²) in [5, 5.41) is 17.7. The van der Waals surface area contributed by atoms with E-state index in [1.807, 2.05) is 66.2 Å². The van der Waals surface area contributed by atoms with Crippen molar-refractivity contribution in [2.75, 3.05) is 6.54 Å². The summed E-state index contributed by atoms with van der Waals surface area (Å²) in [5.41, 5.74) is 5.31. The number of carbonyl (C=O) groups excluding carboxylic acids is 1. The lowest BCUT2D eigenvalue weighted by Gasteiger charge is -2.21. The molecule has 0 aliphatic carbocycles. The molecular weight excluding hydrogens is 390 g/mol. The van der Waals surface area contributed by atoms with Crippen molar-refractivity contribution in [2.45, 2.75) is 19.0 Å². The first-order chi connectivity index (χ1) is 15.0. The fourth-order valence-corrected chi connectivity index (χ4v) is 4.58. The van der Waals surface area contributed by atoms with Gasteiger partial charge in [0.05, 0.1) is 0 Å². The molecule has 6 heteroatoms. The largest absolute Gasteiger partial charge is 0.479 e. The van der Waals surface area contributed by atoms with Crippen LogP contribution < -0.4 is 10.6 Å². The number of fused-ring (bicyclic) bond motifs is 4. The number of aromatic nitrogens is 1. The van der Waals surface area contributed by atoms with Crippen molar-refractivity contribution in [3.8, 4) is 0 Å². The Balaban J connectivity index is 1.55. The van der Waals surface area contributed by atoms with Crippen molar-refractivity contribution in [1.29, 1.82) is 0 Å². The molecule has 4 aromatic rings. The number of nitrogens with one attached hydrogen (secondary N) is 2. The van der Waals surface area contributed by atoms with Crippen LogP contribution in [0.1, 0.15) is 33.1 Å². The number of amides is 1. The Morgan fingerprint density at radius 3 is 2.68 bits per heavy atom. The van der Waals surface area contributed by atoms with Crippen LogP contribution in [0.2, 0.25) is 0 Å². The second-order valence-corrected chi connectivity index (χ2v) is 7.98. The van der Waals surface area contributed by atoms with Crippen LogP contribution in [-0.4, -0.2) is 28.1 Å². The van der Waals surface area contributed by atoms with Crippen molar-refractivity contribution in [3.05, 3.63) is 82.9 Å². The molecule has 1 aromatic heterocycles. The number of rotatable bonds is 4. The lowest BCUT2D eigenvalue weighted by atomic mass is 9.95. The molecule has 2 heterocycles. The van der Waals surface area contributed by atoms with Crippen LogP contribution in [0.5, 0.6) is 0 Å². The zero-order valence-corrected chi connectivity index (χ0v) is 17.2. The molecule has 1 aliphatic heterocycles. The van der Waals surface area contributed by atoms with Crippen molar-refractivity contribution in [2.24, 2.45) is 7.05 Å². The van der Waals surface area contributed by atoms with Crippen LogP contribution >= 0.6 is 0 Å². The highest BCUT2D eigenvalue weighted by molar-refractivity contribution is 6.18. The monoisotopic (exact) mass is 413 g/mol. The average Bonchev–Trinajstić information content (AvgIpc) is 3.09. The number of aryl methyl sites for hydroxylation is 1. The first-order valence-corrected chi connectivity index (χ1v) is 10.4. The van der Waals surface area contributed by atoms with E-state index in [0.29, 0.717) is 17.7 Å². The maximum Gasteiger partial charge on any atom is 0.330 e. The minimum Gasteiger partial charge on any atom is -0.479 e. The number of nitrogens with zero attached hydrogens (tertiary/aromatic N) is 1. The van der Waals surface area contributed by atoms with E-state index < -0.39 is 17.9 Å². The maximum absolute atomic E-state index is 13.3. The smallest absolute Gasteiger partial charge is 0.330 e. The fraction of sp³-hybridized carbons (Fsp3) is 0.200. The van der Waals surface area contributed by atoms with Gasteiger partial charge < -0.3 is 20.3 Å². The number of benzene rings is 3. The van der Waals surface area contributed by atoms with Crippen LogP contribution in [0.4, 0.5) is 0 Å². The van der Waals surface area contributed by atoms with Crippen molar-refractivity contribution >= 4 is 33.7 Å². The molecule has 3 aromatic carbocycles. The quantitative estimate of drug-likeness (QED) is 0.478. The molecule has 0 fully saturated rings. The van der Waals surface area contributed by atoms with Crippen molar-refractivity contribution < 1.29 is 14.7 Å². The predicted molar refractivity (Wildman–Crippen MR) is 120 cm³/mol. The second-order valence-electron chi connectivity index (χ2n) is 7.98. The summed E-state index contributed by atoms with van der Waals surface area (Å²) in [5.74, 6) is -1.48. The Labute approximate surface area is 179 Å². The van der Waals surface area contributed by atoms with E-state index in [4.69, 9.17) is 0 Å². The minimum atomic E-state index is -1.12. The zero-order valence-electron chi connectivity index (χ0n) is 17.2. The Bertz CT molecular complexity index is 1340. The van der Waals surface area contributed by atoms with E-state index in [1.165, 1.54) is 5.56 Å². The zero-order chi connectivity index (χ0) is 21.5. The van der Waals surface area contributed by atoms with Gasteiger partial charge in [-0.15, -0.1) is 0 Å². The van der Waals surface area contributed by atoms with Gasteiger partial charge in [-0.1, -0.05) is 42.5 Å². The highest BCUT2D eigenvalue weighted by Gasteiger charge is 2.25. The summed E-state index contributed by atoms with van der Waals surface area (Å²) in [6.07, 6.45) is 0.919. The van der Waals surface area contributed by atoms with Gasteiger partial charge in [0.15, 0.2) is 6.04 Å². The van der Waals surface area contributed by atoms with E-state index in [-0.39, 0.29) is 0 Å². The van der Waals surface area contributed by atoms with Gasteiger partial charge in [0.1, 0.15) is 0 Å². The Morgan fingerprint density at radius 2 is 1.84 bits per heavy atom. The van der Waals surface area contributed by atoms with E-state index >= 15 is 0 Å². The molecular formula is C25H23N3O3. The summed E-state index contributed by atoms with van der Waals surface area (Å²) in [6.45, 7) is 1.62. The summed E-state index contributed by atoms with van der Waals surface area (Å²) in [7, 11) is 1.97. The summed E-state index contributed by atoms with van der Waals surface area (Å²) in [6, 6.07) is 18.0. The van der Waals surface area contributed by atoms with Crippen LogP contribution in [0.3, 0.4) is 0 Å². The summed E-state index contributed by atoms with van der Waals surface area (Å²) >= 11 is 0. The molecule has 6 nitrogen and oxygen atoms in total. The van der Waals surface area contributed by atoms with Gasteiger partial charge in [0.2, 0.25) is 0 Å². The SMILES string of the molecule is Cn1c2ccccc2c2c(C(=O)NC(C(=O)O)c3ccc4c(c3)CNCC4)cccc21. The number of carboxylic acid groups (broad SMARTS) is 1. The van der Waals surface area contributed by atoms with E-state index in [0.717, 1.165) is 40.3 Å². The van der Waals surface area contributed by atoms with Gasteiger partial charge in [-0.2, -0.15) is 0 Å². The first kappa shape index (κ1) is 19.3. The molecule has 0 saturated carbocycles. The lowest BCUT2D eigenvalue weighted by molar-refractivity contribution is -0.139. The molecule has 0 spiro atoms. The van der Waals surface area contributed by atoms with Crippen LogP contribution in [0, 0.1) is 0 Å². The van der Waals surface area contributed by atoms with Gasteiger partial charge in [0, 0.05) is 41.0 Å². The average molecular weight is 413 g/mol. The van der Waals surface area contributed by atoms with Crippen LogP contribution in [-0.2, 0) is 24.8 Å². The van der Waals surface area contributed by atoms with Crippen molar-refractivity contribution in [1.82, 2.24) is 15.2 Å². The van der Waals surface area contributed by atoms with Crippen LogP contribution in [0.15, 0.2) is 60.7 Å². The maximum atomic E-state index is 13.3. The third-order valence-electron chi connectivity index (χ3n) is 6.16. The molecule has 1 aliphatic rings. The molecule has 31 heavy (non-hydrogen) atoms. The molecule has 1 amide bonds. The highest BCUT2D eigenvalue weighted by atomic mass is 16.4. The third-order valence-corrected chi connectivity index (χ3v) is 6.16. The topological polar surface area (TPSA) is 83.4 Å². The number of hydrogen-bond donors (Lipinski definition) is 3. The van der Waals surface area contributed by atoms with Gasteiger partial charge in [-0.05, 0) is 47.9 Å². The standard InChI is InChI=1S/C25H23N3O3/c1-28-20-7-3-2-5-18(20)22-19(6-4-8-21(22)28)24(29)27-23(25(30)31)16-10-9-15-11-12-26-14-17(15)13-16/h2-10,13,23,26H,11-12,14H2,1H3,(H,27,29)(H,30,31). The molecule has 156 valence electrons. The molecule has 0 radical (unpaired) electrons. The van der Waals surface area contributed by atoms with E-state index in [1.54, 1.807) is 6.07 Å². The van der Waals surface area contributed by atoms with E-state index in [9.17, 15) is 14.7 Å². The molecule has 5 rings (SSSR count). The van der Waals surface area contributed by atoms with Gasteiger partial charge >= 0.3 is 5.97 Å². The summed E-state index contributed by atoms with van der Waals surface area (Å²) in [4.78, 5) is 25.4. The fourth-order valence-electron chi connectivity index (χ4n) is 4.58. The number of para-hydroxylation sites is 1. The second kappa shape index (κ2) is 7.56. The summed E-state index contributed by atoms with van der Waals surface area (Å²) < 4.78 is 2.05. The molecule has 1 unspecified atom stereocenters. The lowest BCUT2D eigenvalue weighted by Crippen LogP contribution is -2.34. The minimum absolute atomic E-state index is 0.398. The molecule has 0 saturated heterocycles. The molecule has 3 N–H and O–H groups in total. The number of carbonyl (C=O) groups is 2. The van der Waals surface area contributed by atoms with E-state index in [2.05, 4.69) is 10.6 Å². The number of aliphatic carboxylic acids is 1. The molecule has 0 bridgehead atoms. The highest BCUT2D eigenvalue weighted by Crippen LogP contribution is 2.31. The van der Waals surface area contributed by atoms with Gasteiger partial charge in [-0.3, -0.25) is 4.79 Å². The normalized spacial score (nSPS) is 14.4. The molecule has 1 atom stereocenters. The Morgan fingerprint density at radius 1 is 1.03 bits per heavy atom. The Hall–Kier alpha value is -3.64. The third kappa shape index (κ3) is 3.25. The van der Waals surface area contributed by atoms with Gasteiger partial charge in [-0.25, -0.2) is 4.79 Å².